The Morgan fingerprint density at radius 3 is 3.00 bits per heavy atom. The van der Waals surface area contributed by atoms with Gasteiger partial charge in [-0.25, -0.2) is 4.79 Å². The Bertz CT molecular complexity index is 948. The molecule has 26 heavy (non-hydrogen) atoms. The molecule has 0 radical (unpaired) electrons. The van der Waals surface area contributed by atoms with E-state index in [4.69, 9.17) is 11.6 Å². The van der Waals surface area contributed by atoms with E-state index in [9.17, 15) is 4.79 Å². The normalized spacial score (nSPS) is 13.6. The molecule has 1 saturated carbocycles. The molecule has 1 fully saturated rings. The van der Waals surface area contributed by atoms with Crippen molar-refractivity contribution in [2.75, 3.05) is 5.32 Å². The van der Waals surface area contributed by atoms with Crippen LogP contribution in [-0.2, 0) is 13.6 Å². The number of hydrogen-bond donors (Lipinski definition) is 2. The molecule has 134 valence electrons. The van der Waals surface area contributed by atoms with Crippen LogP contribution in [0.5, 0.6) is 0 Å². The number of amides is 2. The first-order chi connectivity index (χ1) is 12.6. The number of carbonyl (C=O) groups is 1. The Balaban J connectivity index is 1.38. The Kier molecular flexibility index (Phi) is 4.60. The minimum absolute atomic E-state index is 0.318. The van der Waals surface area contributed by atoms with Gasteiger partial charge < -0.3 is 5.32 Å². The molecule has 0 aliphatic heterocycles. The number of aryl methyl sites for hydroxylation is 1. The van der Waals surface area contributed by atoms with Gasteiger partial charge in [-0.15, -0.1) is 10.2 Å². The molecule has 2 heterocycles. The van der Waals surface area contributed by atoms with Gasteiger partial charge in [-0.2, -0.15) is 5.10 Å². The third-order valence-corrected chi connectivity index (χ3v) is 5.37. The molecule has 0 spiro atoms. The van der Waals surface area contributed by atoms with Crippen molar-refractivity contribution in [2.24, 2.45) is 7.05 Å². The van der Waals surface area contributed by atoms with Crippen LogP contribution in [0.15, 0.2) is 30.5 Å². The summed E-state index contributed by atoms with van der Waals surface area (Å²) in [6, 6.07) is 7.05. The predicted octanol–water partition coefficient (Wildman–Crippen LogP) is 3.79. The molecule has 2 N–H and O–H groups in total. The standard InChI is InChI=1S/C17H17ClN6OS/c1-24-14(13(8-20-24)10-5-6-10)9-19-16(25)21-17-23-22-15(26-17)11-3-2-4-12(18)7-11/h2-4,7-8,10H,5-6,9H2,1H3,(H2,19,21,23,25). The van der Waals surface area contributed by atoms with E-state index in [2.05, 4.69) is 25.9 Å². The zero-order chi connectivity index (χ0) is 18.1. The Morgan fingerprint density at radius 2 is 2.23 bits per heavy atom. The average molecular weight is 389 g/mol. The van der Waals surface area contributed by atoms with Crippen LogP contribution in [0.4, 0.5) is 9.93 Å². The van der Waals surface area contributed by atoms with E-state index in [0.29, 0.717) is 27.6 Å². The quantitative estimate of drug-likeness (QED) is 0.696. The highest BCUT2D eigenvalue weighted by molar-refractivity contribution is 7.18. The number of urea groups is 1. The SMILES string of the molecule is Cn1ncc(C2CC2)c1CNC(=O)Nc1nnc(-c2cccc(Cl)c2)s1. The monoisotopic (exact) mass is 388 g/mol. The molecule has 1 aliphatic rings. The summed E-state index contributed by atoms with van der Waals surface area (Å²) in [6.45, 7) is 0.425. The fourth-order valence-corrected chi connectivity index (χ4v) is 3.67. The second kappa shape index (κ2) is 7.05. The van der Waals surface area contributed by atoms with E-state index in [0.717, 1.165) is 11.3 Å². The number of anilines is 1. The maximum absolute atomic E-state index is 12.2. The largest absolute Gasteiger partial charge is 0.332 e. The lowest BCUT2D eigenvalue weighted by molar-refractivity contribution is 0.251. The molecule has 1 aliphatic carbocycles. The van der Waals surface area contributed by atoms with Crippen molar-refractivity contribution < 1.29 is 4.79 Å². The van der Waals surface area contributed by atoms with Gasteiger partial charge in [0, 0.05) is 17.6 Å². The van der Waals surface area contributed by atoms with Crippen LogP contribution < -0.4 is 10.6 Å². The summed E-state index contributed by atoms with van der Waals surface area (Å²) in [5.41, 5.74) is 3.14. The van der Waals surface area contributed by atoms with Gasteiger partial charge in [0.1, 0.15) is 5.01 Å². The zero-order valence-electron chi connectivity index (χ0n) is 14.1. The lowest BCUT2D eigenvalue weighted by Crippen LogP contribution is -2.29. The van der Waals surface area contributed by atoms with Gasteiger partial charge in [-0.3, -0.25) is 10.00 Å². The summed E-state index contributed by atoms with van der Waals surface area (Å²) in [5.74, 6) is 0.590. The number of benzene rings is 1. The first kappa shape index (κ1) is 17.0. The van der Waals surface area contributed by atoms with Crippen molar-refractivity contribution in [2.45, 2.75) is 25.3 Å². The molecule has 3 aromatic rings. The van der Waals surface area contributed by atoms with Crippen LogP contribution in [0.1, 0.15) is 30.0 Å². The van der Waals surface area contributed by atoms with Gasteiger partial charge in [-0.05, 0) is 36.5 Å². The van der Waals surface area contributed by atoms with E-state index in [1.54, 1.807) is 6.07 Å². The van der Waals surface area contributed by atoms with Crippen molar-refractivity contribution >= 4 is 34.1 Å². The van der Waals surface area contributed by atoms with Crippen LogP contribution in [-0.4, -0.2) is 26.0 Å². The molecule has 4 rings (SSSR count). The third kappa shape index (κ3) is 3.71. The van der Waals surface area contributed by atoms with Crippen LogP contribution in [0.25, 0.3) is 10.6 Å². The highest BCUT2D eigenvalue weighted by Crippen LogP contribution is 2.41. The second-order valence-electron chi connectivity index (χ2n) is 6.17. The number of nitrogens with one attached hydrogen (secondary N) is 2. The highest BCUT2D eigenvalue weighted by atomic mass is 35.5. The smallest absolute Gasteiger partial charge is 0.321 e. The number of rotatable bonds is 5. The van der Waals surface area contributed by atoms with Crippen LogP contribution in [0.2, 0.25) is 5.02 Å². The van der Waals surface area contributed by atoms with Crippen molar-refractivity contribution in [3.8, 4) is 10.6 Å². The Morgan fingerprint density at radius 1 is 1.38 bits per heavy atom. The van der Waals surface area contributed by atoms with E-state index in [1.807, 2.05) is 36.1 Å². The maximum atomic E-state index is 12.2. The number of carbonyl (C=O) groups excluding carboxylic acids is 1. The highest BCUT2D eigenvalue weighted by Gasteiger charge is 2.28. The third-order valence-electron chi connectivity index (χ3n) is 4.24. The maximum Gasteiger partial charge on any atom is 0.321 e. The van der Waals surface area contributed by atoms with Crippen molar-refractivity contribution in [1.29, 1.82) is 0 Å². The van der Waals surface area contributed by atoms with Gasteiger partial charge in [0.15, 0.2) is 0 Å². The minimum Gasteiger partial charge on any atom is -0.332 e. The minimum atomic E-state index is -0.318. The van der Waals surface area contributed by atoms with Crippen LogP contribution in [0, 0.1) is 0 Å². The summed E-state index contributed by atoms with van der Waals surface area (Å²) in [5, 5.41) is 19.8. The van der Waals surface area contributed by atoms with E-state index in [-0.39, 0.29) is 6.03 Å². The van der Waals surface area contributed by atoms with Crippen molar-refractivity contribution in [3.05, 3.63) is 46.7 Å². The fourth-order valence-electron chi connectivity index (χ4n) is 2.75. The van der Waals surface area contributed by atoms with Gasteiger partial charge in [-0.1, -0.05) is 35.1 Å². The van der Waals surface area contributed by atoms with Crippen molar-refractivity contribution in [1.82, 2.24) is 25.3 Å². The van der Waals surface area contributed by atoms with Gasteiger partial charge in [0.25, 0.3) is 0 Å². The number of nitrogens with zero attached hydrogens (tertiary/aromatic N) is 4. The van der Waals surface area contributed by atoms with Crippen LogP contribution >= 0.6 is 22.9 Å². The second-order valence-corrected chi connectivity index (χ2v) is 7.59. The predicted molar refractivity (Wildman–Crippen MR) is 101 cm³/mol. The van der Waals surface area contributed by atoms with E-state index in [1.165, 1.54) is 29.7 Å². The molecular weight excluding hydrogens is 372 g/mol. The summed E-state index contributed by atoms with van der Waals surface area (Å²) in [7, 11) is 1.89. The first-order valence-electron chi connectivity index (χ1n) is 8.25. The fraction of sp³-hybridized carbons (Fsp3) is 0.294. The summed E-state index contributed by atoms with van der Waals surface area (Å²) >= 11 is 7.29. The molecule has 0 atom stereocenters. The molecule has 7 nitrogen and oxygen atoms in total. The number of halogens is 1. The number of aromatic nitrogens is 4. The Hall–Kier alpha value is -2.45. The zero-order valence-corrected chi connectivity index (χ0v) is 15.6. The average Bonchev–Trinajstić information content (AvgIpc) is 3.24. The lowest BCUT2D eigenvalue weighted by Gasteiger charge is -2.08. The molecule has 2 amide bonds. The van der Waals surface area contributed by atoms with E-state index >= 15 is 0 Å². The number of hydrogen-bond acceptors (Lipinski definition) is 5. The molecule has 0 unspecified atom stereocenters. The molecule has 1 aromatic carbocycles. The van der Waals surface area contributed by atoms with E-state index < -0.39 is 0 Å². The van der Waals surface area contributed by atoms with Gasteiger partial charge >= 0.3 is 6.03 Å². The molecule has 9 heteroatoms. The van der Waals surface area contributed by atoms with Crippen LogP contribution in [0.3, 0.4) is 0 Å². The molecular formula is C17H17ClN6OS. The molecule has 0 saturated heterocycles. The molecule has 2 aromatic heterocycles. The summed E-state index contributed by atoms with van der Waals surface area (Å²) in [6.07, 6.45) is 4.29. The van der Waals surface area contributed by atoms with Gasteiger partial charge in [0.05, 0.1) is 18.4 Å². The summed E-state index contributed by atoms with van der Waals surface area (Å²) < 4.78 is 1.82. The molecule has 0 bridgehead atoms. The van der Waals surface area contributed by atoms with Crippen molar-refractivity contribution in [3.63, 3.8) is 0 Å². The first-order valence-corrected chi connectivity index (χ1v) is 9.44. The Labute approximate surface area is 159 Å². The summed E-state index contributed by atoms with van der Waals surface area (Å²) in [4.78, 5) is 12.2. The topological polar surface area (TPSA) is 84.7 Å². The lowest BCUT2D eigenvalue weighted by atomic mass is 10.1. The van der Waals surface area contributed by atoms with Gasteiger partial charge in [0.2, 0.25) is 5.13 Å².